The van der Waals surface area contributed by atoms with E-state index in [2.05, 4.69) is 0 Å². The monoisotopic (exact) mass is 226 g/mol. The van der Waals surface area contributed by atoms with Crippen molar-refractivity contribution in [2.75, 3.05) is 26.2 Å². The molecule has 2 fully saturated rings. The average molecular weight is 226 g/mol. The summed E-state index contributed by atoms with van der Waals surface area (Å²) >= 11 is 0. The molecule has 0 aromatic rings. The lowest BCUT2D eigenvalue weighted by molar-refractivity contribution is -0.133. The predicted molar refractivity (Wildman–Crippen MR) is 58.0 cm³/mol. The Morgan fingerprint density at radius 1 is 1.25 bits per heavy atom. The molecule has 0 aromatic carbocycles. The second-order valence-corrected chi connectivity index (χ2v) is 4.55. The smallest absolute Gasteiger partial charge is 0.407 e. The van der Waals surface area contributed by atoms with Gasteiger partial charge in [0.2, 0.25) is 5.91 Å². The Labute approximate surface area is 95.0 Å². The highest BCUT2D eigenvalue weighted by Crippen LogP contribution is 2.52. The van der Waals surface area contributed by atoms with Crippen LogP contribution in [0.15, 0.2) is 0 Å². The molecule has 1 heterocycles. The molecule has 0 radical (unpaired) electrons. The largest absolute Gasteiger partial charge is 0.465 e. The first-order chi connectivity index (χ1) is 7.60. The Bertz CT molecular complexity index is 302. The van der Waals surface area contributed by atoms with Gasteiger partial charge < -0.3 is 14.9 Å². The Morgan fingerprint density at radius 3 is 2.12 bits per heavy atom. The number of hydrogen-bond donors (Lipinski definition) is 1. The molecule has 1 N–H and O–H groups in total. The van der Waals surface area contributed by atoms with E-state index in [1.807, 2.05) is 18.7 Å². The Kier molecular flexibility index (Phi) is 2.78. The summed E-state index contributed by atoms with van der Waals surface area (Å²) in [5.41, 5.74) is 0. The average Bonchev–Trinajstić information content (AvgIpc) is 2.74. The van der Waals surface area contributed by atoms with Crippen molar-refractivity contribution in [1.82, 2.24) is 9.80 Å². The summed E-state index contributed by atoms with van der Waals surface area (Å²) in [4.78, 5) is 26.0. The predicted octanol–water partition coefficient (Wildman–Crippen LogP) is 0.711. The van der Waals surface area contributed by atoms with Gasteiger partial charge in [0.05, 0.1) is 0 Å². The van der Waals surface area contributed by atoms with Crippen LogP contribution in [0.4, 0.5) is 4.79 Å². The highest BCUT2D eigenvalue weighted by Gasteiger charge is 2.60. The number of rotatable bonds is 3. The zero-order chi connectivity index (χ0) is 11.9. The molecule has 0 aromatic heterocycles. The van der Waals surface area contributed by atoms with Gasteiger partial charge in [-0.1, -0.05) is 0 Å². The fourth-order valence-corrected chi connectivity index (χ4v) is 2.79. The third-order valence-corrected chi connectivity index (χ3v) is 3.82. The van der Waals surface area contributed by atoms with Crippen molar-refractivity contribution in [2.45, 2.75) is 13.8 Å². The molecule has 3 atom stereocenters. The lowest BCUT2D eigenvalue weighted by Gasteiger charge is -2.21. The van der Waals surface area contributed by atoms with Crippen LogP contribution in [-0.2, 0) is 4.79 Å². The summed E-state index contributed by atoms with van der Waals surface area (Å²) in [6.07, 6.45) is -0.860. The van der Waals surface area contributed by atoms with Gasteiger partial charge in [-0.3, -0.25) is 4.79 Å². The molecule has 1 saturated heterocycles. The van der Waals surface area contributed by atoms with Gasteiger partial charge in [0.15, 0.2) is 0 Å². The standard InChI is InChI=1S/C11H18N2O3/c1-3-12(4-2)10(14)9-7-5-13(11(15)16)6-8(7)9/h7-9H,3-6H2,1-2H3,(H,15,16)/t7-,8+,9?. The van der Waals surface area contributed by atoms with Crippen LogP contribution in [-0.4, -0.2) is 53.1 Å². The molecule has 0 spiro atoms. The maximum Gasteiger partial charge on any atom is 0.407 e. The maximum absolute atomic E-state index is 12.0. The van der Waals surface area contributed by atoms with Gasteiger partial charge in [-0.25, -0.2) is 4.79 Å². The number of hydrogen-bond acceptors (Lipinski definition) is 2. The molecule has 2 aliphatic rings. The zero-order valence-corrected chi connectivity index (χ0v) is 9.72. The van der Waals surface area contributed by atoms with Gasteiger partial charge in [-0.2, -0.15) is 0 Å². The van der Waals surface area contributed by atoms with Crippen LogP contribution in [0.5, 0.6) is 0 Å². The van der Waals surface area contributed by atoms with Crippen molar-refractivity contribution >= 4 is 12.0 Å². The number of piperidine rings is 1. The van der Waals surface area contributed by atoms with E-state index in [-0.39, 0.29) is 23.7 Å². The molecule has 2 amide bonds. The van der Waals surface area contributed by atoms with E-state index in [1.165, 1.54) is 4.90 Å². The van der Waals surface area contributed by atoms with Crippen molar-refractivity contribution in [3.63, 3.8) is 0 Å². The van der Waals surface area contributed by atoms with Crippen molar-refractivity contribution in [3.05, 3.63) is 0 Å². The number of carbonyl (C=O) groups is 2. The Balaban J connectivity index is 1.90. The zero-order valence-electron chi connectivity index (χ0n) is 9.72. The molecule has 1 saturated carbocycles. The highest BCUT2D eigenvalue weighted by molar-refractivity contribution is 5.83. The van der Waals surface area contributed by atoms with Crippen molar-refractivity contribution < 1.29 is 14.7 Å². The van der Waals surface area contributed by atoms with Crippen molar-refractivity contribution in [1.29, 1.82) is 0 Å². The van der Waals surface area contributed by atoms with Crippen LogP contribution >= 0.6 is 0 Å². The minimum atomic E-state index is -0.860. The van der Waals surface area contributed by atoms with E-state index in [4.69, 9.17) is 5.11 Å². The van der Waals surface area contributed by atoms with Crippen LogP contribution < -0.4 is 0 Å². The quantitative estimate of drug-likeness (QED) is 0.771. The second-order valence-electron chi connectivity index (χ2n) is 4.55. The summed E-state index contributed by atoms with van der Waals surface area (Å²) in [7, 11) is 0. The molecule has 5 heteroatoms. The first-order valence-electron chi connectivity index (χ1n) is 5.86. The number of nitrogens with zero attached hydrogens (tertiary/aromatic N) is 2. The van der Waals surface area contributed by atoms with Crippen LogP contribution in [0.2, 0.25) is 0 Å². The minimum absolute atomic E-state index is 0.0931. The molecule has 2 rings (SSSR count). The minimum Gasteiger partial charge on any atom is -0.465 e. The van der Waals surface area contributed by atoms with Gasteiger partial charge in [0.1, 0.15) is 0 Å². The van der Waals surface area contributed by atoms with Crippen molar-refractivity contribution in [3.8, 4) is 0 Å². The maximum atomic E-state index is 12.0. The van der Waals surface area contributed by atoms with Crippen LogP contribution in [0.3, 0.4) is 0 Å². The van der Waals surface area contributed by atoms with E-state index in [0.717, 1.165) is 13.1 Å². The lowest BCUT2D eigenvalue weighted by Crippen LogP contribution is -2.36. The first-order valence-corrected chi connectivity index (χ1v) is 5.86. The molecule has 1 aliphatic heterocycles. The van der Waals surface area contributed by atoms with Gasteiger partial charge >= 0.3 is 6.09 Å². The third-order valence-electron chi connectivity index (χ3n) is 3.82. The fourth-order valence-electron chi connectivity index (χ4n) is 2.79. The lowest BCUT2D eigenvalue weighted by atomic mass is 10.2. The molecule has 90 valence electrons. The molecule has 5 nitrogen and oxygen atoms in total. The number of fused-ring (bicyclic) bond motifs is 1. The summed E-state index contributed by atoms with van der Waals surface area (Å²) in [6.45, 7) is 6.52. The van der Waals surface area contributed by atoms with Crippen LogP contribution in [0, 0.1) is 17.8 Å². The summed E-state index contributed by atoms with van der Waals surface area (Å²) in [5.74, 6) is 0.869. The summed E-state index contributed by atoms with van der Waals surface area (Å²) in [5, 5.41) is 8.81. The Morgan fingerprint density at radius 2 is 1.75 bits per heavy atom. The number of carboxylic acid groups (broad SMARTS) is 1. The fraction of sp³-hybridized carbons (Fsp3) is 0.818. The molecule has 0 bridgehead atoms. The van der Waals surface area contributed by atoms with Gasteiger partial charge in [0, 0.05) is 32.1 Å². The molecular formula is C11H18N2O3. The van der Waals surface area contributed by atoms with E-state index < -0.39 is 6.09 Å². The third kappa shape index (κ3) is 1.64. The van der Waals surface area contributed by atoms with Crippen molar-refractivity contribution in [2.24, 2.45) is 17.8 Å². The van der Waals surface area contributed by atoms with Crippen LogP contribution in [0.1, 0.15) is 13.8 Å². The van der Waals surface area contributed by atoms with Gasteiger partial charge in [0.25, 0.3) is 0 Å². The topological polar surface area (TPSA) is 60.9 Å². The van der Waals surface area contributed by atoms with Gasteiger partial charge in [-0.15, -0.1) is 0 Å². The van der Waals surface area contributed by atoms with E-state index >= 15 is 0 Å². The first kappa shape index (κ1) is 11.2. The second kappa shape index (κ2) is 3.96. The summed E-state index contributed by atoms with van der Waals surface area (Å²) in [6, 6.07) is 0. The van der Waals surface area contributed by atoms with Gasteiger partial charge in [-0.05, 0) is 25.7 Å². The number of carbonyl (C=O) groups excluding carboxylic acids is 1. The number of likely N-dealkylation sites (tertiary alicyclic amines) is 1. The molecular weight excluding hydrogens is 208 g/mol. The summed E-state index contributed by atoms with van der Waals surface area (Å²) < 4.78 is 0. The van der Waals surface area contributed by atoms with E-state index in [1.54, 1.807) is 0 Å². The molecule has 16 heavy (non-hydrogen) atoms. The SMILES string of the molecule is CCN(CC)C(=O)C1[C@H]2CN(C(=O)O)C[C@@H]12. The molecule has 1 aliphatic carbocycles. The highest BCUT2D eigenvalue weighted by atomic mass is 16.4. The molecule has 1 unspecified atom stereocenters. The number of amides is 2. The van der Waals surface area contributed by atoms with E-state index in [0.29, 0.717) is 13.1 Å². The Hall–Kier alpha value is -1.26. The van der Waals surface area contributed by atoms with E-state index in [9.17, 15) is 9.59 Å². The van der Waals surface area contributed by atoms with Crippen LogP contribution in [0.25, 0.3) is 0 Å². The normalized spacial score (nSPS) is 31.1.